The number of rotatable bonds is 0. The monoisotopic (exact) mass is 233 g/mol. The molecule has 4 nitrogen and oxygen atoms in total. The first-order valence-corrected chi connectivity index (χ1v) is 5.50. The average Bonchev–Trinajstić information content (AvgIpc) is 2.49. The Balaban J connectivity index is 0.000000686. The van der Waals surface area contributed by atoms with Crippen LogP contribution >= 0.6 is 0 Å². The van der Waals surface area contributed by atoms with Crippen molar-refractivity contribution in [1.29, 1.82) is 0 Å². The van der Waals surface area contributed by atoms with E-state index in [0.717, 1.165) is 29.4 Å². The zero-order chi connectivity index (χ0) is 12.8. The summed E-state index contributed by atoms with van der Waals surface area (Å²) in [5, 5.41) is 0. The minimum absolute atomic E-state index is 0.686. The number of aliphatic imine (C=N–C) groups is 1. The maximum absolute atomic E-state index is 5.67. The first-order chi connectivity index (χ1) is 8.22. The van der Waals surface area contributed by atoms with Gasteiger partial charge in [-0.1, -0.05) is 0 Å². The van der Waals surface area contributed by atoms with Crippen LogP contribution in [0.1, 0.15) is 11.3 Å². The van der Waals surface area contributed by atoms with Gasteiger partial charge in [-0.25, -0.2) is 0 Å². The van der Waals surface area contributed by atoms with Gasteiger partial charge < -0.3 is 9.64 Å². The Morgan fingerprint density at radius 2 is 2.18 bits per heavy atom. The van der Waals surface area contributed by atoms with Gasteiger partial charge in [0.2, 0.25) is 0 Å². The smallest absolute Gasteiger partial charge is 0.135 e. The van der Waals surface area contributed by atoms with Crippen molar-refractivity contribution in [2.45, 2.75) is 6.92 Å². The summed E-state index contributed by atoms with van der Waals surface area (Å²) in [6.07, 6.45) is 1.83. The quantitative estimate of drug-likeness (QED) is 0.642. The van der Waals surface area contributed by atoms with Crippen molar-refractivity contribution in [2.75, 3.05) is 27.2 Å². The summed E-state index contributed by atoms with van der Waals surface area (Å²) in [5.41, 5.74) is 1.94. The van der Waals surface area contributed by atoms with Crippen LogP contribution in [0.2, 0.25) is 0 Å². The van der Waals surface area contributed by atoms with Gasteiger partial charge in [-0.2, -0.15) is 0 Å². The van der Waals surface area contributed by atoms with E-state index in [0.29, 0.717) is 6.61 Å². The van der Waals surface area contributed by atoms with Gasteiger partial charge in [0.1, 0.15) is 18.2 Å². The molecule has 0 radical (unpaired) electrons. The molecule has 1 aromatic rings. The lowest BCUT2D eigenvalue weighted by atomic mass is 10.2. The summed E-state index contributed by atoms with van der Waals surface area (Å²) < 4.78 is 5.67. The number of fused-ring (bicyclic) bond motifs is 1. The predicted octanol–water partition coefficient (Wildman–Crippen LogP) is 1.89. The first kappa shape index (κ1) is 13.2. The summed E-state index contributed by atoms with van der Waals surface area (Å²) in [6, 6.07) is 1.96. The van der Waals surface area contributed by atoms with Gasteiger partial charge in [0.05, 0.1) is 12.1 Å². The molecule has 2 rings (SSSR count). The summed E-state index contributed by atoms with van der Waals surface area (Å²) in [5.74, 6) is 1.82. The highest BCUT2D eigenvalue weighted by Crippen LogP contribution is 2.22. The molecule has 17 heavy (non-hydrogen) atoms. The van der Waals surface area contributed by atoms with Crippen LogP contribution in [0.4, 0.5) is 0 Å². The fourth-order valence-electron chi connectivity index (χ4n) is 1.72. The maximum atomic E-state index is 5.67. The van der Waals surface area contributed by atoms with E-state index in [1.54, 1.807) is 7.05 Å². The van der Waals surface area contributed by atoms with Crippen LogP contribution in [-0.4, -0.2) is 43.0 Å². The van der Waals surface area contributed by atoms with E-state index in [2.05, 4.69) is 28.0 Å². The lowest BCUT2D eigenvalue weighted by molar-refractivity contribution is 0.294. The van der Waals surface area contributed by atoms with Gasteiger partial charge >= 0.3 is 0 Å². The molecule has 0 unspecified atom stereocenters. The van der Waals surface area contributed by atoms with Crippen LogP contribution in [0.5, 0.6) is 5.75 Å². The van der Waals surface area contributed by atoms with E-state index in [1.807, 2.05) is 26.2 Å². The SMILES string of the molecule is C=C.CN=C1c2cnc(C)cc2OCCN1C. The van der Waals surface area contributed by atoms with Crippen molar-refractivity contribution >= 4 is 5.84 Å². The topological polar surface area (TPSA) is 37.7 Å². The Morgan fingerprint density at radius 3 is 2.82 bits per heavy atom. The summed E-state index contributed by atoms with van der Waals surface area (Å²) >= 11 is 0. The van der Waals surface area contributed by atoms with Crippen LogP contribution in [0.3, 0.4) is 0 Å². The summed E-state index contributed by atoms with van der Waals surface area (Å²) in [6.45, 7) is 9.49. The molecule has 0 aliphatic carbocycles. The Bertz CT molecular complexity index is 415. The maximum Gasteiger partial charge on any atom is 0.135 e. The summed E-state index contributed by atoms with van der Waals surface area (Å²) in [7, 11) is 3.81. The molecule has 0 N–H and O–H groups in total. The third-order valence-corrected chi connectivity index (χ3v) is 2.50. The number of hydrogen-bond acceptors (Lipinski definition) is 3. The third kappa shape index (κ3) is 2.84. The van der Waals surface area contributed by atoms with E-state index in [4.69, 9.17) is 4.74 Å². The number of ether oxygens (including phenoxy) is 1. The zero-order valence-corrected chi connectivity index (χ0v) is 10.7. The second-order valence-electron chi connectivity index (χ2n) is 3.64. The Labute approximate surface area is 103 Å². The molecule has 0 aromatic carbocycles. The number of likely N-dealkylation sites (N-methyl/N-ethyl adjacent to an activating group) is 1. The summed E-state index contributed by atoms with van der Waals surface area (Å²) in [4.78, 5) is 10.6. The number of hydrogen-bond donors (Lipinski definition) is 0. The molecule has 92 valence electrons. The lowest BCUT2D eigenvalue weighted by Gasteiger charge is -2.16. The number of aromatic nitrogens is 1. The highest BCUT2D eigenvalue weighted by molar-refractivity contribution is 6.01. The van der Waals surface area contributed by atoms with E-state index >= 15 is 0 Å². The fraction of sp³-hybridized carbons (Fsp3) is 0.385. The number of aryl methyl sites for hydroxylation is 1. The normalized spacial score (nSPS) is 16.4. The molecule has 0 saturated carbocycles. The highest BCUT2D eigenvalue weighted by Gasteiger charge is 2.18. The van der Waals surface area contributed by atoms with Crippen LogP contribution in [0.25, 0.3) is 0 Å². The van der Waals surface area contributed by atoms with Crippen molar-refractivity contribution in [3.63, 3.8) is 0 Å². The van der Waals surface area contributed by atoms with Gasteiger partial charge in [0, 0.05) is 32.1 Å². The molecule has 0 bridgehead atoms. The van der Waals surface area contributed by atoms with Crippen LogP contribution in [-0.2, 0) is 0 Å². The molecule has 1 aromatic heterocycles. The van der Waals surface area contributed by atoms with Crippen molar-refractivity contribution < 1.29 is 4.74 Å². The minimum atomic E-state index is 0.686. The third-order valence-electron chi connectivity index (χ3n) is 2.50. The van der Waals surface area contributed by atoms with Crippen LogP contribution in [0.15, 0.2) is 30.4 Å². The Morgan fingerprint density at radius 1 is 1.47 bits per heavy atom. The molecule has 0 fully saturated rings. The molecule has 4 heteroatoms. The first-order valence-electron chi connectivity index (χ1n) is 5.50. The van der Waals surface area contributed by atoms with Gasteiger partial charge in [0.15, 0.2) is 0 Å². The molecule has 1 aliphatic rings. The van der Waals surface area contributed by atoms with Crippen LogP contribution in [0, 0.1) is 6.92 Å². The fourth-order valence-corrected chi connectivity index (χ4v) is 1.72. The number of pyridine rings is 1. The van der Waals surface area contributed by atoms with E-state index in [1.165, 1.54) is 0 Å². The Kier molecular flexibility index (Phi) is 4.69. The predicted molar refractivity (Wildman–Crippen MR) is 70.8 cm³/mol. The second kappa shape index (κ2) is 6.03. The molecular weight excluding hydrogens is 214 g/mol. The number of nitrogens with zero attached hydrogens (tertiary/aromatic N) is 3. The molecular formula is C13H19N3O. The second-order valence-corrected chi connectivity index (χ2v) is 3.64. The van der Waals surface area contributed by atoms with Gasteiger partial charge in [-0.3, -0.25) is 9.98 Å². The van der Waals surface area contributed by atoms with E-state index in [-0.39, 0.29) is 0 Å². The lowest BCUT2D eigenvalue weighted by Crippen LogP contribution is -2.28. The number of amidine groups is 1. The molecule has 0 amide bonds. The van der Waals surface area contributed by atoms with E-state index in [9.17, 15) is 0 Å². The molecule has 0 spiro atoms. The molecule has 1 aliphatic heterocycles. The van der Waals surface area contributed by atoms with Gasteiger partial charge in [0.25, 0.3) is 0 Å². The van der Waals surface area contributed by atoms with Crippen molar-refractivity contribution in [1.82, 2.24) is 9.88 Å². The minimum Gasteiger partial charge on any atom is -0.491 e. The zero-order valence-electron chi connectivity index (χ0n) is 10.7. The Hall–Kier alpha value is -1.84. The van der Waals surface area contributed by atoms with Gasteiger partial charge in [-0.05, 0) is 6.92 Å². The van der Waals surface area contributed by atoms with E-state index < -0.39 is 0 Å². The van der Waals surface area contributed by atoms with Gasteiger partial charge in [-0.15, -0.1) is 13.2 Å². The molecule has 2 heterocycles. The van der Waals surface area contributed by atoms with Crippen molar-refractivity contribution in [2.24, 2.45) is 4.99 Å². The standard InChI is InChI=1S/C11H15N3O.C2H4/c1-8-6-10-9(7-13-8)11(12-2)14(3)4-5-15-10;1-2/h6-7H,4-5H2,1-3H3;1-2H2. The van der Waals surface area contributed by atoms with Crippen molar-refractivity contribution in [3.05, 3.63) is 36.7 Å². The highest BCUT2D eigenvalue weighted by atomic mass is 16.5. The van der Waals surface area contributed by atoms with Crippen molar-refractivity contribution in [3.8, 4) is 5.75 Å². The van der Waals surface area contributed by atoms with Crippen LogP contribution < -0.4 is 4.74 Å². The molecule has 0 saturated heterocycles. The molecule has 0 atom stereocenters. The largest absolute Gasteiger partial charge is 0.491 e. The average molecular weight is 233 g/mol.